The summed E-state index contributed by atoms with van der Waals surface area (Å²) in [6.45, 7) is 11.4. The molecule has 0 heterocycles. The van der Waals surface area contributed by atoms with Crippen molar-refractivity contribution in [2.45, 2.75) is 84.0 Å². The third-order valence-corrected chi connectivity index (χ3v) is 5.18. The first kappa shape index (κ1) is 17.2. The summed E-state index contributed by atoms with van der Waals surface area (Å²) in [4.78, 5) is 0. The molecule has 21 heavy (non-hydrogen) atoms. The summed E-state index contributed by atoms with van der Waals surface area (Å²) in [5, 5.41) is 3.71. The Morgan fingerprint density at radius 2 is 1.76 bits per heavy atom. The summed E-state index contributed by atoms with van der Waals surface area (Å²) in [5.74, 6) is 1.69. The van der Waals surface area contributed by atoms with Gasteiger partial charge in [-0.1, -0.05) is 13.8 Å². The SMILES string of the molecule is CCOCC(C)OC1(CNC2CC2)CCC(C(C)C)CC1. The lowest BCUT2D eigenvalue weighted by molar-refractivity contribution is -0.132. The first-order valence-electron chi connectivity index (χ1n) is 9.03. The second-order valence-electron chi connectivity index (χ2n) is 7.51. The molecule has 0 bridgehead atoms. The molecule has 2 fully saturated rings. The zero-order chi connectivity index (χ0) is 15.3. The van der Waals surface area contributed by atoms with Gasteiger partial charge in [0, 0.05) is 19.2 Å². The number of rotatable bonds is 9. The van der Waals surface area contributed by atoms with E-state index in [0.717, 1.165) is 37.6 Å². The molecular weight excluding hydrogens is 262 g/mol. The summed E-state index contributed by atoms with van der Waals surface area (Å²) in [7, 11) is 0. The molecule has 2 rings (SSSR count). The molecule has 0 aromatic carbocycles. The van der Waals surface area contributed by atoms with Crippen LogP contribution >= 0.6 is 0 Å². The summed E-state index contributed by atoms with van der Waals surface area (Å²) < 4.78 is 12.0. The van der Waals surface area contributed by atoms with Gasteiger partial charge in [-0.2, -0.15) is 0 Å². The fourth-order valence-corrected chi connectivity index (χ4v) is 3.53. The monoisotopic (exact) mass is 297 g/mol. The van der Waals surface area contributed by atoms with E-state index in [0.29, 0.717) is 0 Å². The van der Waals surface area contributed by atoms with Crippen molar-refractivity contribution in [2.24, 2.45) is 11.8 Å². The third kappa shape index (κ3) is 5.54. The predicted molar refractivity (Wildman–Crippen MR) is 87.6 cm³/mol. The van der Waals surface area contributed by atoms with Crippen molar-refractivity contribution >= 4 is 0 Å². The van der Waals surface area contributed by atoms with Crippen molar-refractivity contribution in [3.05, 3.63) is 0 Å². The van der Waals surface area contributed by atoms with E-state index in [9.17, 15) is 0 Å². The van der Waals surface area contributed by atoms with Crippen LogP contribution in [-0.2, 0) is 9.47 Å². The largest absolute Gasteiger partial charge is 0.379 e. The highest BCUT2D eigenvalue weighted by Crippen LogP contribution is 2.39. The molecule has 3 heteroatoms. The Hall–Kier alpha value is -0.120. The van der Waals surface area contributed by atoms with Crippen molar-refractivity contribution in [3.63, 3.8) is 0 Å². The molecular formula is C18H35NO2. The molecule has 0 aromatic heterocycles. The van der Waals surface area contributed by atoms with Crippen LogP contribution in [0.25, 0.3) is 0 Å². The lowest BCUT2D eigenvalue weighted by atomic mass is 9.74. The fraction of sp³-hybridized carbons (Fsp3) is 1.00. The molecule has 1 unspecified atom stereocenters. The lowest BCUT2D eigenvalue weighted by Gasteiger charge is -2.43. The Bertz CT molecular complexity index is 294. The van der Waals surface area contributed by atoms with E-state index in [1.165, 1.54) is 38.5 Å². The van der Waals surface area contributed by atoms with Gasteiger partial charge in [0.1, 0.15) is 0 Å². The third-order valence-electron chi connectivity index (χ3n) is 5.18. The van der Waals surface area contributed by atoms with Crippen LogP contribution in [0.2, 0.25) is 0 Å². The second kappa shape index (κ2) is 7.94. The van der Waals surface area contributed by atoms with E-state index in [-0.39, 0.29) is 11.7 Å². The summed E-state index contributed by atoms with van der Waals surface area (Å²) in [6, 6.07) is 0.760. The van der Waals surface area contributed by atoms with Gasteiger partial charge in [0.05, 0.1) is 18.3 Å². The summed E-state index contributed by atoms with van der Waals surface area (Å²) in [5.41, 5.74) is 0.0461. The fourth-order valence-electron chi connectivity index (χ4n) is 3.53. The molecule has 0 spiro atoms. The molecule has 2 aliphatic rings. The zero-order valence-corrected chi connectivity index (χ0v) is 14.5. The van der Waals surface area contributed by atoms with E-state index in [4.69, 9.17) is 9.47 Å². The molecule has 1 atom stereocenters. The van der Waals surface area contributed by atoms with Crippen molar-refractivity contribution in [1.29, 1.82) is 0 Å². The zero-order valence-electron chi connectivity index (χ0n) is 14.5. The van der Waals surface area contributed by atoms with Gasteiger partial charge in [-0.05, 0) is 64.2 Å². The maximum absolute atomic E-state index is 6.50. The van der Waals surface area contributed by atoms with Gasteiger partial charge in [-0.25, -0.2) is 0 Å². The van der Waals surface area contributed by atoms with Crippen molar-refractivity contribution in [1.82, 2.24) is 5.32 Å². The second-order valence-corrected chi connectivity index (χ2v) is 7.51. The van der Waals surface area contributed by atoms with E-state index in [1.54, 1.807) is 0 Å². The first-order valence-corrected chi connectivity index (χ1v) is 9.03. The topological polar surface area (TPSA) is 30.5 Å². The van der Waals surface area contributed by atoms with Gasteiger partial charge in [0.15, 0.2) is 0 Å². The normalized spacial score (nSPS) is 31.6. The first-order chi connectivity index (χ1) is 10.0. The van der Waals surface area contributed by atoms with Crippen molar-refractivity contribution in [3.8, 4) is 0 Å². The Morgan fingerprint density at radius 3 is 2.29 bits per heavy atom. The molecule has 0 radical (unpaired) electrons. The Kier molecular flexibility index (Phi) is 6.51. The molecule has 0 aromatic rings. The Morgan fingerprint density at radius 1 is 1.10 bits per heavy atom. The molecule has 3 nitrogen and oxygen atoms in total. The van der Waals surface area contributed by atoms with Crippen molar-refractivity contribution < 1.29 is 9.47 Å². The Labute approximate surface area is 131 Å². The molecule has 1 N–H and O–H groups in total. The maximum atomic E-state index is 6.50. The minimum absolute atomic E-state index is 0.0461. The van der Waals surface area contributed by atoms with Crippen LogP contribution in [0.4, 0.5) is 0 Å². The van der Waals surface area contributed by atoms with Gasteiger partial charge in [-0.15, -0.1) is 0 Å². The van der Waals surface area contributed by atoms with E-state index in [1.807, 2.05) is 6.92 Å². The van der Waals surface area contributed by atoms with E-state index >= 15 is 0 Å². The smallest absolute Gasteiger partial charge is 0.0811 e. The standard InChI is InChI=1S/C18H35NO2/c1-5-20-12-15(4)21-18(13-19-17-6-7-17)10-8-16(9-11-18)14(2)3/h14-17,19H,5-13H2,1-4H3. The van der Waals surface area contributed by atoms with Crippen LogP contribution in [-0.4, -0.2) is 37.5 Å². The number of hydrogen-bond acceptors (Lipinski definition) is 3. The predicted octanol–water partition coefficient (Wildman–Crippen LogP) is 3.77. The molecule has 0 amide bonds. The molecule has 0 aliphatic heterocycles. The van der Waals surface area contributed by atoms with Gasteiger partial charge in [-0.3, -0.25) is 0 Å². The highest BCUT2D eigenvalue weighted by Gasteiger charge is 2.39. The van der Waals surface area contributed by atoms with Gasteiger partial charge in [0.2, 0.25) is 0 Å². The van der Waals surface area contributed by atoms with E-state index in [2.05, 4.69) is 26.1 Å². The summed E-state index contributed by atoms with van der Waals surface area (Å²) in [6.07, 6.45) is 7.91. The number of ether oxygens (including phenoxy) is 2. The van der Waals surface area contributed by atoms with Crippen LogP contribution in [0.1, 0.15) is 66.2 Å². The van der Waals surface area contributed by atoms with Crippen LogP contribution in [0.5, 0.6) is 0 Å². The quantitative estimate of drug-likeness (QED) is 0.703. The van der Waals surface area contributed by atoms with E-state index < -0.39 is 0 Å². The van der Waals surface area contributed by atoms with Gasteiger partial charge >= 0.3 is 0 Å². The number of nitrogens with one attached hydrogen (secondary N) is 1. The average molecular weight is 297 g/mol. The molecule has 2 saturated carbocycles. The van der Waals surface area contributed by atoms with Crippen LogP contribution in [0.15, 0.2) is 0 Å². The minimum Gasteiger partial charge on any atom is -0.379 e. The molecule has 0 saturated heterocycles. The lowest BCUT2D eigenvalue weighted by Crippen LogP contribution is -2.49. The Balaban J connectivity index is 1.87. The van der Waals surface area contributed by atoms with Crippen LogP contribution in [0.3, 0.4) is 0 Å². The maximum Gasteiger partial charge on any atom is 0.0811 e. The minimum atomic E-state index is 0.0461. The highest BCUT2D eigenvalue weighted by atomic mass is 16.5. The number of hydrogen-bond donors (Lipinski definition) is 1. The highest BCUT2D eigenvalue weighted by molar-refractivity contribution is 4.93. The molecule has 124 valence electrons. The summed E-state index contributed by atoms with van der Waals surface area (Å²) >= 11 is 0. The van der Waals surface area contributed by atoms with Crippen LogP contribution < -0.4 is 5.32 Å². The van der Waals surface area contributed by atoms with Gasteiger partial charge in [0.25, 0.3) is 0 Å². The van der Waals surface area contributed by atoms with Crippen LogP contribution in [0, 0.1) is 11.8 Å². The van der Waals surface area contributed by atoms with Crippen molar-refractivity contribution in [2.75, 3.05) is 19.8 Å². The van der Waals surface area contributed by atoms with Gasteiger partial charge < -0.3 is 14.8 Å². The molecule has 2 aliphatic carbocycles. The average Bonchev–Trinajstić information content (AvgIpc) is 3.28.